The molecule has 7 aromatic rings. The van der Waals surface area contributed by atoms with Gasteiger partial charge in [-0.2, -0.15) is 0 Å². The Hall–Kier alpha value is -9.25. The van der Waals surface area contributed by atoms with E-state index in [-0.39, 0.29) is 89.1 Å². The first-order valence-corrected chi connectivity index (χ1v) is 39.8. The van der Waals surface area contributed by atoms with Crippen LogP contribution in [-0.4, -0.2) is 144 Å². The molecule has 111 heavy (non-hydrogen) atoms. The molecular formula is C81H97N15O14Si. The summed E-state index contributed by atoms with van der Waals surface area (Å²) in [6.45, 7) is 12.9. The molecule has 11 rings (SSSR count). The summed E-state index contributed by atoms with van der Waals surface area (Å²) in [6.07, 6.45) is -19.2. The van der Waals surface area contributed by atoms with Gasteiger partial charge in [0, 0.05) is 24.6 Å². The topological polar surface area (TPSA) is 373 Å². The highest BCUT2D eigenvalue weighted by Crippen LogP contribution is 2.45. The highest BCUT2D eigenvalue weighted by atomic mass is 28.4. The van der Waals surface area contributed by atoms with Gasteiger partial charge in [-0.25, -0.2) is 0 Å². The first-order valence-electron chi connectivity index (χ1n) is 37.6. The lowest BCUT2D eigenvalue weighted by Gasteiger charge is -2.50. The van der Waals surface area contributed by atoms with Gasteiger partial charge in [0.2, 0.25) is 0 Å². The van der Waals surface area contributed by atoms with Gasteiger partial charge in [-0.1, -0.05) is 279 Å². The number of hydrogen-bond donors (Lipinski definition) is 0. The van der Waals surface area contributed by atoms with Crippen molar-refractivity contribution in [2.45, 2.75) is 227 Å². The van der Waals surface area contributed by atoms with Gasteiger partial charge in [0.25, 0.3) is 0 Å². The first-order chi connectivity index (χ1) is 54.3. The summed E-state index contributed by atoms with van der Waals surface area (Å²) >= 11 is 0. The lowest BCUT2D eigenvalue weighted by Crippen LogP contribution is -2.65. The van der Waals surface area contributed by atoms with Crippen molar-refractivity contribution in [1.82, 2.24) is 0 Å². The van der Waals surface area contributed by atoms with Gasteiger partial charge in [-0.15, -0.1) is 0 Å². The van der Waals surface area contributed by atoms with Gasteiger partial charge in [-0.05, 0) is 89.6 Å². The number of nitrogens with zero attached hydrogens (tertiary/aromatic N) is 15. The maximum Gasteiger partial charge on any atom is 0.200 e. The number of azide groups is 5. The molecule has 0 spiro atoms. The summed E-state index contributed by atoms with van der Waals surface area (Å²) in [5.41, 5.74) is 58.9. The summed E-state index contributed by atoms with van der Waals surface area (Å²) in [4.78, 5) is 16.7. The van der Waals surface area contributed by atoms with Gasteiger partial charge in [0.05, 0.1) is 96.4 Å². The molecule has 3 heterocycles. The van der Waals surface area contributed by atoms with E-state index in [1.807, 2.05) is 212 Å². The number of rotatable bonds is 40. The van der Waals surface area contributed by atoms with Gasteiger partial charge >= 0.3 is 0 Å². The van der Waals surface area contributed by atoms with E-state index in [0.717, 1.165) is 38.9 Å². The minimum absolute atomic E-state index is 0.00926. The van der Waals surface area contributed by atoms with Gasteiger partial charge in [-0.3, -0.25) is 0 Å². The Labute approximate surface area is 647 Å². The van der Waals surface area contributed by atoms with Crippen LogP contribution in [-0.2, 0) is 112 Å². The molecule has 0 aromatic heterocycles. The third-order valence-electron chi connectivity index (χ3n) is 20.7. The van der Waals surface area contributed by atoms with Crippen molar-refractivity contribution < 1.29 is 66.0 Å². The van der Waals surface area contributed by atoms with Crippen molar-refractivity contribution in [3.63, 3.8) is 0 Å². The summed E-state index contributed by atoms with van der Waals surface area (Å²) < 4.78 is 99.9. The van der Waals surface area contributed by atoms with Crippen LogP contribution >= 0.6 is 0 Å². The Morgan fingerprint density at radius 3 is 1.04 bits per heavy atom. The molecule has 4 fully saturated rings. The molecule has 30 heteroatoms. The van der Waals surface area contributed by atoms with E-state index in [4.69, 9.17) is 66.0 Å². The Bertz CT molecular complexity index is 4180. The lowest BCUT2D eigenvalue weighted by molar-refractivity contribution is -0.322. The largest absolute Gasteiger partial charge is 0.413 e. The fraction of sp³-hybridized carbons (Fsp3) is 0.481. The van der Waals surface area contributed by atoms with Crippen LogP contribution < -0.4 is 0 Å². The minimum Gasteiger partial charge on any atom is -0.413 e. The quantitative estimate of drug-likeness (QED) is 0.0149. The van der Waals surface area contributed by atoms with E-state index in [1.165, 1.54) is 0 Å². The van der Waals surface area contributed by atoms with Crippen molar-refractivity contribution in [2.24, 2.45) is 25.6 Å². The molecular weight excluding hydrogens is 1440 g/mol. The van der Waals surface area contributed by atoms with Gasteiger partial charge in [0.15, 0.2) is 27.2 Å². The van der Waals surface area contributed by atoms with Crippen LogP contribution in [0.2, 0.25) is 16.6 Å². The fourth-order valence-electron chi connectivity index (χ4n) is 15.5. The zero-order valence-electron chi connectivity index (χ0n) is 63.1. The SMILES string of the molecule is CC(C)[Si](OCC1O[C@@H](O[C@H]2C(N=[N+]=[N-])C[C@@H](N=[N+]=[N-])C(OCc3ccccc3)[C@H]2O[C@@H]2O[C@H](COCc3ccccc3)[C@H](O[C@H]3O[C@@H](CN=[N+]=[N-])[C@@H](OCc4ccccc4)C(OCc4ccccc4)C3N=[N+]=[N-])C2OCc2ccccc2)C(N=[N+]=[N-])[C@@H](OCc2ccccc2)[C@H]1OCc1ccccc1)(C(C)C)C(C)C. The molecule has 3 aliphatic heterocycles. The summed E-state index contributed by atoms with van der Waals surface area (Å²) in [7, 11) is -2.71. The summed E-state index contributed by atoms with van der Waals surface area (Å²) in [6, 6.07) is 61.2. The molecule has 7 aromatic carbocycles. The molecule has 0 N–H and O–H groups in total. The Morgan fingerprint density at radius 2 is 0.649 bits per heavy atom. The van der Waals surface area contributed by atoms with Crippen LogP contribution in [0.5, 0.6) is 0 Å². The van der Waals surface area contributed by atoms with Crippen molar-refractivity contribution in [1.29, 1.82) is 0 Å². The maximum atomic E-state index is 10.9. The highest BCUT2D eigenvalue weighted by Gasteiger charge is 2.59. The fourth-order valence-corrected chi connectivity index (χ4v) is 21.0. The Balaban J connectivity index is 1.05. The summed E-state index contributed by atoms with van der Waals surface area (Å²) in [5.74, 6) is 0. The second-order valence-corrected chi connectivity index (χ2v) is 34.2. The smallest absolute Gasteiger partial charge is 0.200 e. The highest BCUT2D eigenvalue weighted by molar-refractivity contribution is 6.77. The zero-order valence-corrected chi connectivity index (χ0v) is 64.1. The predicted molar refractivity (Wildman–Crippen MR) is 414 cm³/mol. The molecule has 29 nitrogen and oxygen atoms in total. The molecule has 0 radical (unpaired) electrons. The second kappa shape index (κ2) is 42.4. The normalized spacial score (nSPS) is 27.2. The van der Waals surface area contributed by atoms with Crippen molar-refractivity contribution in [3.05, 3.63) is 303 Å². The van der Waals surface area contributed by atoms with E-state index in [0.29, 0.717) is 0 Å². The van der Waals surface area contributed by atoms with Crippen LogP contribution in [0.15, 0.2) is 238 Å². The standard InChI is InChI=1S/C81H97N15O14Si/c1-53(2)111(54(3)4,55(5)6)104-52-67-73(100-47-59-34-20-10-21-35-59)76(102-49-61-38-24-12-25-39-61)69(91-96-86)80(106-67)108-71-64(89-94-84)42-63(88-93-83)70(98-45-57-30-16-8-17-31-57)77(71)110-81-78(103-50-62-40-26-13-27-41-62)74(66(107-81)51-97-44-56-28-14-7-15-29-56)109-79-68(90-95-85)75(101-48-60-36-22-11-23-37-60)72(65(105-79)43-87-92-82)99-46-58-32-18-9-19-33-58/h7-41,53-55,63-81H,42-52H2,1-6H3/t63-,64?,65+,66-,67?,68?,69?,70?,71+,72-,73+,74+,75?,76-,77-,78?,79-,80+,81+/m1/s1. The maximum absolute atomic E-state index is 10.9. The van der Waals surface area contributed by atoms with E-state index >= 15 is 0 Å². The van der Waals surface area contributed by atoms with Crippen molar-refractivity contribution in [3.8, 4) is 0 Å². The molecule has 584 valence electrons. The molecule has 3 saturated heterocycles. The lowest BCUT2D eigenvalue weighted by atomic mass is 9.83. The monoisotopic (exact) mass is 1530 g/mol. The van der Waals surface area contributed by atoms with Crippen LogP contribution in [0.1, 0.15) is 86.9 Å². The Kier molecular flexibility index (Phi) is 31.6. The van der Waals surface area contributed by atoms with Crippen LogP contribution in [0.25, 0.3) is 52.2 Å². The number of ether oxygens (including phenoxy) is 13. The predicted octanol–water partition coefficient (Wildman–Crippen LogP) is 17.7. The van der Waals surface area contributed by atoms with Crippen molar-refractivity contribution >= 4 is 8.32 Å². The van der Waals surface area contributed by atoms with E-state index in [1.54, 1.807) is 0 Å². The molecule has 7 unspecified atom stereocenters. The van der Waals surface area contributed by atoms with E-state index in [9.17, 15) is 27.7 Å². The third-order valence-corrected chi connectivity index (χ3v) is 26.7. The Morgan fingerprint density at radius 1 is 0.333 bits per heavy atom. The third kappa shape index (κ3) is 22.1. The van der Waals surface area contributed by atoms with Crippen LogP contribution in [0.4, 0.5) is 0 Å². The number of hydrogen-bond acceptors (Lipinski definition) is 19. The number of benzene rings is 7. The zero-order chi connectivity index (χ0) is 77.7. The molecule has 0 amide bonds. The minimum atomic E-state index is -2.71. The summed E-state index contributed by atoms with van der Waals surface area (Å²) in [5, 5.41) is 21.6. The van der Waals surface area contributed by atoms with Gasteiger partial charge in [0.1, 0.15) is 67.0 Å². The molecule has 19 atom stereocenters. The molecule has 4 aliphatic rings. The average Bonchev–Trinajstić information content (AvgIpc) is 1.75. The van der Waals surface area contributed by atoms with E-state index < -0.39 is 125 Å². The molecule has 1 saturated carbocycles. The van der Waals surface area contributed by atoms with Crippen LogP contribution in [0.3, 0.4) is 0 Å². The van der Waals surface area contributed by atoms with E-state index in [2.05, 4.69) is 91.7 Å². The van der Waals surface area contributed by atoms with Crippen LogP contribution in [0, 0.1) is 0 Å². The molecule has 1 aliphatic carbocycles. The second-order valence-electron chi connectivity index (χ2n) is 28.7. The van der Waals surface area contributed by atoms with Crippen molar-refractivity contribution in [2.75, 3.05) is 19.8 Å². The average molecular weight is 1530 g/mol. The van der Waals surface area contributed by atoms with Gasteiger partial charge < -0.3 is 66.0 Å². The molecule has 0 bridgehead atoms. The first kappa shape index (κ1) is 82.7.